The number of piperidine rings is 1. The molecule has 1 N–H and O–H groups in total. The average molecular weight is 508 g/mol. The van der Waals surface area contributed by atoms with Crippen LogP contribution in [0.15, 0.2) is 46.9 Å². The Labute approximate surface area is 193 Å². The molecular formula is C23H30BrN3O3S. The number of anilines is 1. The van der Waals surface area contributed by atoms with Crippen molar-refractivity contribution in [2.24, 2.45) is 0 Å². The lowest BCUT2D eigenvalue weighted by Gasteiger charge is -2.26. The number of aryl methyl sites for hydroxylation is 1. The molecule has 1 aliphatic heterocycles. The van der Waals surface area contributed by atoms with Crippen LogP contribution >= 0.6 is 15.9 Å². The number of carbonyl (C=O) groups excluding carboxylic acids is 1. The number of nitrogens with one attached hydrogen (secondary N) is 1. The maximum atomic E-state index is 12.6. The topological polar surface area (TPSA) is 69.7 Å². The van der Waals surface area contributed by atoms with Gasteiger partial charge in [0.1, 0.15) is 6.54 Å². The highest BCUT2D eigenvalue weighted by Gasteiger charge is 2.21. The fourth-order valence-electron chi connectivity index (χ4n) is 3.78. The molecular weight excluding hydrogens is 478 g/mol. The van der Waals surface area contributed by atoms with E-state index in [0.29, 0.717) is 12.2 Å². The van der Waals surface area contributed by atoms with Crippen LogP contribution in [0.2, 0.25) is 0 Å². The quantitative estimate of drug-likeness (QED) is 0.589. The van der Waals surface area contributed by atoms with Gasteiger partial charge in [-0.2, -0.15) is 0 Å². The summed E-state index contributed by atoms with van der Waals surface area (Å²) in [5.41, 5.74) is 3.61. The van der Waals surface area contributed by atoms with Crippen molar-refractivity contribution in [1.82, 2.24) is 10.2 Å². The van der Waals surface area contributed by atoms with E-state index in [1.165, 1.54) is 24.8 Å². The van der Waals surface area contributed by atoms with Crippen molar-refractivity contribution in [3.63, 3.8) is 0 Å². The Morgan fingerprint density at radius 3 is 2.48 bits per heavy atom. The number of carbonyl (C=O) groups is 1. The van der Waals surface area contributed by atoms with Crippen molar-refractivity contribution >= 4 is 37.5 Å². The Hall–Kier alpha value is -1.90. The zero-order valence-electron chi connectivity index (χ0n) is 18.1. The maximum Gasteiger partial charge on any atom is 0.241 e. The lowest BCUT2D eigenvalue weighted by molar-refractivity contribution is -0.119. The second-order valence-corrected chi connectivity index (χ2v) is 10.9. The predicted molar refractivity (Wildman–Crippen MR) is 128 cm³/mol. The molecule has 0 saturated carbocycles. The molecule has 0 radical (unpaired) electrons. The van der Waals surface area contributed by atoms with Gasteiger partial charge in [-0.05, 0) is 67.7 Å². The fraction of sp³-hybridized carbons (Fsp3) is 0.435. The zero-order valence-corrected chi connectivity index (χ0v) is 20.5. The van der Waals surface area contributed by atoms with Crippen LogP contribution in [-0.4, -0.2) is 45.1 Å². The molecule has 168 valence electrons. The molecule has 1 heterocycles. The number of halogens is 1. The summed E-state index contributed by atoms with van der Waals surface area (Å²) in [4.78, 5) is 15.0. The Balaban J connectivity index is 1.61. The highest BCUT2D eigenvalue weighted by Crippen LogP contribution is 2.24. The van der Waals surface area contributed by atoms with Crippen LogP contribution < -0.4 is 9.62 Å². The van der Waals surface area contributed by atoms with Crippen LogP contribution in [0.25, 0.3) is 0 Å². The highest BCUT2D eigenvalue weighted by molar-refractivity contribution is 9.10. The van der Waals surface area contributed by atoms with Gasteiger partial charge >= 0.3 is 0 Å². The van der Waals surface area contributed by atoms with E-state index in [-0.39, 0.29) is 12.5 Å². The summed E-state index contributed by atoms with van der Waals surface area (Å²) in [6, 6.07) is 13.4. The van der Waals surface area contributed by atoms with E-state index in [1.807, 2.05) is 19.1 Å². The van der Waals surface area contributed by atoms with E-state index >= 15 is 0 Å². The van der Waals surface area contributed by atoms with Crippen molar-refractivity contribution in [3.8, 4) is 0 Å². The second-order valence-electron chi connectivity index (χ2n) is 8.14. The van der Waals surface area contributed by atoms with Crippen molar-refractivity contribution in [2.45, 2.75) is 39.3 Å². The van der Waals surface area contributed by atoms with Crippen LogP contribution in [0.5, 0.6) is 0 Å². The minimum Gasteiger partial charge on any atom is -0.350 e. The first-order valence-corrected chi connectivity index (χ1v) is 13.2. The van der Waals surface area contributed by atoms with E-state index in [2.05, 4.69) is 38.3 Å². The fourth-order valence-corrected chi connectivity index (χ4v) is 4.88. The molecule has 31 heavy (non-hydrogen) atoms. The van der Waals surface area contributed by atoms with Crippen molar-refractivity contribution < 1.29 is 13.2 Å². The molecule has 2 aromatic rings. The van der Waals surface area contributed by atoms with Crippen LogP contribution in [0.4, 0.5) is 5.69 Å². The van der Waals surface area contributed by atoms with Crippen molar-refractivity contribution in [2.75, 3.05) is 30.2 Å². The first-order chi connectivity index (χ1) is 14.7. The molecule has 1 fully saturated rings. The van der Waals surface area contributed by atoms with Crippen LogP contribution in [0, 0.1) is 6.92 Å². The lowest BCUT2D eigenvalue weighted by atomic mass is 10.1. The summed E-state index contributed by atoms with van der Waals surface area (Å²) in [6.07, 6.45) is 4.93. The number of rotatable bonds is 8. The highest BCUT2D eigenvalue weighted by atomic mass is 79.9. The standard InChI is InChI=1S/C23H30BrN3O3S/c1-18-13-21(9-10-22(18)24)27(31(2,29)30)17-23(28)25-15-19-7-6-8-20(14-19)16-26-11-4-3-5-12-26/h6-10,13-14H,3-5,11-12,15-17H2,1-2H3,(H,25,28). The van der Waals surface area contributed by atoms with E-state index in [4.69, 9.17) is 0 Å². The number of benzene rings is 2. The molecule has 1 saturated heterocycles. The van der Waals surface area contributed by atoms with E-state index in [1.54, 1.807) is 18.2 Å². The molecule has 0 unspecified atom stereocenters. The number of hydrogen-bond acceptors (Lipinski definition) is 4. The largest absolute Gasteiger partial charge is 0.350 e. The molecule has 8 heteroatoms. The first kappa shape index (κ1) is 23.8. The molecule has 3 rings (SSSR count). The molecule has 1 amide bonds. The number of likely N-dealkylation sites (tertiary alicyclic amines) is 1. The molecule has 2 aromatic carbocycles. The molecule has 1 aliphatic rings. The van der Waals surface area contributed by atoms with Crippen LogP contribution in [0.3, 0.4) is 0 Å². The number of sulfonamides is 1. The molecule has 0 aromatic heterocycles. The Morgan fingerprint density at radius 1 is 1.10 bits per heavy atom. The third-order valence-electron chi connectivity index (χ3n) is 5.45. The van der Waals surface area contributed by atoms with Gasteiger partial charge in [-0.25, -0.2) is 8.42 Å². The summed E-state index contributed by atoms with van der Waals surface area (Å²) in [5, 5.41) is 2.86. The second kappa shape index (κ2) is 10.6. The Bertz CT molecular complexity index is 1020. The minimum atomic E-state index is -3.60. The normalized spacial score (nSPS) is 14.9. The van der Waals surface area contributed by atoms with Gasteiger partial charge in [0.25, 0.3) is 0 Å². The molecule has 0 aliphatic carbocycles. The molecule has 0 spiro atoms. The van der Waals surface area contributed by atoms with Gasteiger partial charge in [0, 0.05) is 17.6 Å². The van der Waals surface area contributed by atoms with Crippen molar-refractivity contribution in [3.05, 3.63) is 63.6 Å². The summed E-state index contributed by atoms with van der Waals surface area (Å²) in [6.45, 7) is 5.18. The third kappa shape index (κ3) is 7.05. The lowest BCUT2D eigenvalue weighted by Crippen LogP contribution is -2.40. The van der Waals surface area contributed by atoms with Gasteiger partial charge in [-0.3, -0.25) is 14.0 Å². The van der Waals surface area contributed by atoms with Gasteiger partial charge in [-0.1, -0.05) is 46.6 Å². The maximum absolute atomic E-state index is 12.6. The van der Waals surface area contributed by atoms with Crippen LogP contribution in [-0.2, 0) is 27.9 Å². The molecule has 6 nitrogen and oxygen atoms in total. The first-order valence-electron chi connectivity index (χ1n) is 10.5. The summed E-state index contributed by atoms with van der Waals surface area (Å²) in [7, 11) is -3.60. The average Bonchev–Trinajstić information content (AvgIpc) is 2.73. The summed E-state index contributed by atoms with van der Waals surface area (Å²) in [5.74, 6) is -0.340. The van der Waals surface area contributed by atoms with Crippen molar-refractivity contribution in [1.29, 1.82) is 0 Å². The van der Waals surface area contributed by atoms with Gasteiger partial charge in [0.05, 0.1) is 11.9 Å². The van der Waals surface area contributed by atoms with E-state index in [0.717, 1.165) is 45.8 Å². The molecule has 0 bridgehead atoms. The Morgan fingerprint density at radius 2 is 1.81 bits per heavy atom. The van der Waals surface area contributed by atoms with Gasteiger partial charge in [0.15, 0.2) is 0 Å². The predicted octanol–water partition coefficient (Wildman–Crippen LogP) is 3.83. The summed E-state index contributed by atoms with van der Waals surface area (Å²) >= 11 is 3.42. The Kier molecular flexibility index (Phi) is 8.13. The monoisotopic (exact) mass is 507 g/mol. The zero-order chi connectivity index (χ0) is 22.4. The van der Waals surface area contributed by atoms with Gasteiger partial charge in [0.2, 0.25) is 15.9 Å². The third-order valence-corrected chi connectivity index (χ3v) is 7.48. The van der Waals surface area contributed by atoms with E-state index < -0.39 is 10.0 Å². The SMILES string of the molecule is Cc1cc(N(CC(=O)NCc2cccc(CN3CCCCC3)c2)S(C)(=O)=O)ccc1Br. The number of nitrogens with zero attached hydrogens (tertiary/aromatic N) is 2. The molecule has 0 atom stereocenters. The van der Waals surface area contributed by atoms with Gasteiger partial charge in [-0.15, -0.1) is 0 Å². The summed E-state index contributed by atoms with van der Waals surface area (Å²) < 4.78 is 26.6. The van der Waals surface area contributed by atoms with Gasteiger partial charge < -0.3 is 5.32 Å². The van der Waals surface area contributed by atoms with Crippen LogP contribution in [0.1, 0.15) is 36.0 Å². The van der Waals surface area contributed by atoms with E-state index in [9.17, 15) is 13.2 Å². The number of amides is 1. The smallest absolute Gasteiger partial charge is 0.241 e. The minimum absolute atomic E-state index is 0.257. The number of hydrogen-bond donors (Lipinski definition) is 1.